The number of hydrogen-bond donors (Lipinski definition) is 1. The van der Waals surface area contributed by atoms with Gasteiger partial charge in [0.2, 0.25) is 5.91 Å². The second-order valence-electron chi connectivity index (χ2n) is 7.14. The van der Waals surface area contributed by atoms with E-state index in [1.54, 1.807) is 6.92 Å². The second-order valence-corrected chi connectivity index (χ2v) is 7.14. The Labute approximate surface area is 172 Å². The van der Waals surface area contributed by atoms with Gasteiger partial charge in [-0.25, -0.2) is 9.67 Å². The average molecular weight is 448 g/mol. The molecule has 3 aromatic rings. The van der Waals surface area contributed by atoms with E-state index in [9.17, 15) is 31.1 Å². The molecule has 31 heavy (non-hydrogen) atoms. The first-order valence-electron chi connectivity index (χ1n) is 9.07. The molecule has 13 heteroatoms. The Morgan fingerprint density at radius 1 is 1.13 bits per heavy atom. The van der Waals surface area contributed by atoms with Crippen molar-refractivity contribution in [2.24, 2.45) is 0 Å². The predicted molar refractivity (Wildman–Crippen MR) is 96.8 cm³/mol. The minimum absolute atomic E-state index is 0.0315. The van der Waals surface area contributed by atoms with E-state index in [-0.39, 0.29) is 29.0 Å². The van der Waals surface area contributed by atoms with Crippen molar-refractivity contribution in [2.45, 2.75) is 52.3 Å². The average Bonchev–Trinajstić information content (AvgIpc) is 3.18. The lowest BCUT2D eigenvalue weighted by molar-refractivity contribution is -0.141. The van der Waals surface area contributed by atoms with Crippen molar-refractivity contribution in [3.05, 3.63) is 41.0 Å². The fraction of sp³-hybridized carbons (Fsp3) is 0.444. The van der Waals surface area contributed by atoms with E-state index in [0.717, 1.165) is 27.7 Å². The van der Waals surface area contributed by atoms with Gasteiger partial charge in [0.1, 0.15) is 6.54 Å². The van der Waals surface area contributed by atoms with Crippen molar-refractivity contribution in [1.82, 2.24) is 29.9 Å². The van der Waals surface area contributed by atoms with Gasteiger partial charge in [-0.3, -0.25) is 9.48 Å². The van der Waals surface area contributed by atoms with Crippen LogP contribution in [-0.4, -0.2) is 36.5 Å². The van der Waals surface area contributed by atoms with Crippen LogP contribution in [0.5, 0.6) is 0 Å². The number of carbonyl (C=O) groups is 1. The molecule has 0 aliphatic rings. The van der Waals surface area contributed by atoms with Gasteiger partial charge in [-0.15, -0.1) is 0 Å². The molecule has 0 aromatic carbocycles. The van der Waals surface area contributed by atoms with Gasteiger partial charge in [0.15, 0.2) is 11.3 Å². The third-order valence-electron chi connectivity index (χ3n) is 4.40. The van der Waals surface area contributed by atoms with Crippen LogP contribution in [-0.2, 0) is 30.2 Å². The molecule has 0 radical (unpaired) electrons. The van der Waals surface area contributed by atoms with Crippen LogP contribution in [0.2, 0.25) is 0 Å². The molecule has 0 bridgehead atoms. The van der Waals surface area contributed by atoms with Gasteiger partial charge in [-0.1, -0.05) is 0 Å². The molecular weight excluding hydrogens is 430 g/mol. The number of hydrogen-bond acceptors (Lipinski definition) is 4. The third-order valence-corrected chi connectivity index (χ3v) is 4.40. The highest BCUT2D eigenvalue weighted by atomic mass is 19.4. The van der Waals surface area contributed by atoms with Gasteiger partial charge in [0, 0.05) is 17.9 Å². The molecule has 1 N–H and O–H groups in total. The Morgan fingerprint density at radius 3 is 2.39 bits per heavy atom. The van der Waals surface area contributed by atoms with Crippen LogP contribution in [0.25, 0.3) is 11.0 Å². The minimum Gasteiger partial charge on any atom is -0.350 e. The van der Waals surface area contributed by atoms with Crippen molar-refractivity contribution < 1.29 is 31.1 Å². The fourth-order valence-corrected chi connectivity index (χ4v) is 3.21. The number of aryl methyl sites for hydroxylation is 2. The zero-order valence-electron chi connectivity index (χ0n) is 16.6. The minimum atomic E-state index is -4.61. The number of halogens is 6. The maximum atomic E-state index is 13.4. The molecule has 0 fully saturated rings. The summed E-state index contributed by atoms with van der Waals surface area (Å²) in [5, 5.41) is 9.80. The Bertz CT molecular complexity index is 1110. The van der Waals surface area contributed by atoms with Crippen molar-refractivity contribution >= 4 is 16.9 Å². The van der Waals surface area contributed by atoms with E-state index in [1.165, 1.54) is 13.8 Å². The highest BCUT2D eigenvalue weighted by Crippen LogP contribution is 2.36. The smallest absolute Gasteiger partial charge is 0.350 e. The molecule has 0 spiro atoms. The van der Waals surface area contributed by atoms with Crippen molar-refractivity contribution in [1.29, 1.82) is 0 Å². The topological polar surface area (TPSA) is 77.6 Å². The fourth-order valence-electron chi connectivity index (χ4n) is 3.21. The number of alkyl halides is 6. The van der Waals surface area contributed by atoms with E-state index in [1.807, 2.05) is 0 Å². The summed E-state index contributed by atoms with van der Waals surface area (Å²) < 4.78 is 80.1. The summed E-state index contributed by atoms with van der Waals surface area (Å²) in [5.41, 5.74) is -1.81. The largest absolute Gasteiger partial charge is 0.435 e. The molecule has 3 heterocycles. The first-order chi connectivity index (χ1) is 14.3. The summed E-state index contributed by atoms with van der Waals surface area (Å²) in [5.74, 6) is -0.586. The molecule has 3 aromatic heterocycles. The van der Waals surface area contributed by atoms with Crippen LogP contribution in [0.1, 0.15) is 29.6 Å². The lowest BCUT2D eigenvalue weighted by Crippen LogP contribution is -2.38. The molecule has 1 atom stereocenters. The maximum Gasteiger partial charge on any atom is 0.435 e. The standard InChI is InChI=1S/C18H18F6N6O/c1-9-6-12(17(19,20)21)15-11(3)27-30(16(15)26-9)8-14(31)25-10(2)7-29-5-4-13(28-29)18(22,23)24/h4-6,10H,7-8H2,1-3H3,(H,25,31). The summed E-state index contributed by atoms with van der Waals surface area (Å²) in [6.45, 7) is 3.92. The first-order valence-corrected chi connectivity index (χ1v) is 9.07. The zero-order valence-corrected chi connectivity index (χ0v) is 16.6. The lowest BCUT2D eigenvalue weighted by Gasteiger charge is -2.14. The summed E-state index contributed by atoms with van der Waals surface area (Å²) in [4.78, 5) is 16.5. The number of nitrogens with zero attached hydrogens (tertiary/aromatic N) is 5. The van der Waals surface area contributed by atoms with Crippen molar-refractivity contribution in [2.75, 3.05) is 0 Å². The molecule has 1 unspecified atom stereocenters. The van der Waals surface area contributed by atoms with Gasteiger partial charge >= 0.3 is 12.4 Å². The summed E-state index contributed by atoms with van der Waals surface area (Å²) in [6.07, 6.45) is -8.04. The molecule has 0 aliphatic heterocycles. The molecule has 0 saturated heterocycles. The van der Waals surface area contributed by atoms with Gasteiger partial charge < -0.3 is 5.32 Å². The molecule has 0 saturated carbocycles. The Balaban J connectivity index is 1.75. The van der Waals surface area contributed by atoms with E-state index in [4.69, 9.17) is 0 Å². The lowest BCUT2D eigenvalue weighted by atomic mass is 10.1. The number of nitrogens with one attached hydrogen (secondary N) is 1. The van der Waals surface area contributed by atoms with Gasteiger partial charge in [0.05, 0.1) is 23.2 Å². The SMILES string of the molecule is Cc1cc(C(F)(F)F)c2c(C)nn(CC(=O)NC(C)Cn3ccc(C(F)(F)F)n3)c2n1. The number of fused-ring (bicyclic) bond motifs is 1. The Hall–Kier alpha value is -3.12. The summed E-state index contributed by atoms with van der Waals surface area (Å²) in [6, 6.07) is 1.14. The van der Waals surface area contributed by atoms with E-state index in [2.05, 4.69) is 20.5 Å². The van der Waals surface area contributed by atoms with Crippen LogP contribution in [0.15, 0.2) is 18.3 Å². The van der Waals surface area contributed by atoms with Crippen molar-refractivity contribution in [3.63, 3.8) is 0 Å². The number of pyridine rings is 1. The maximum absolute atomic E-state index is 13.4. The second kappa shape index (κ2) is 7.85. The van der Waals surface area contributed by atoms with Crippen LogP contribution < -0.4 is 5.32 Å². The normalized spacial score (nSPS) is 13.6. The van der Waals surface area contributed by atoms with E-state index < -0.39 is 42.1 Å². The number of rotatable bonds is 5. The highest BCUT2D eigenvalue weighted by Gasteiger charge is 2.35. The van der Waals surface area contributed by atoms with E-state index in [0.29, 0.717) is 0 Å². The van der Waals surface area contributed by atoms with Gasteiger partial charge in [0.25, 0.3) is 0 Å². The van der Waals surface area contributed by atoms with E-state index >= 15 is 0 Å². The first kappa shape index (κ1) is 22.6. The zero-order chi connectivity index (χ0) is 23.1. The molecule has 0 aliphatic carbocycles. The Morgan fingerprint density at radius 2 is 1.81 bits per heavy atom. The molecular formula is C18H18F6N6O. The van der Waals surface area contributed by atoms with Crippen LogP contribution in [0, 0.1) is 13.8 Å². The van der Waals surface area contributed by atoms with Crippen LogP contribution in [0.3, 0.4) is 0 Å². The van der Waals surface area contributed by atoms with Crippen molar-refractivity contribution in [3.8, 4) is 0 Å². The monoisotopic (exact) mass is 448 g/mol. The van der Waals surface area contributed by atoms with Crippen LogP contribution >= 0.6 is 0 Å². The summed E-state index contributed by atoms with van der Waals surface area (Å²) in [7, 11) is 0. The van der Waals surface area contributed by atoms with Crippen LogP contribution in [0.4, 0.5) is 26.3 Å². The third kappa shape index (κ3) is 4.97. The quantitative estimate of drug-likeness (QED) is 0.607. The number of amides is 1. The predicted octanol–water partition coefficient (Wildman–Crippen LogP) is 3.49. The summed E-state index contributed by atoms with van der Waals surface area (Å²) >= 11 is 0. The van der Waals surface area contributed by atoms with Gasteiger partial charge in [-0.2, -0.15) is 36.5 Å². The molecule has 1 amide bonds. The molecule has 7 nitrogen and oxygen atoms in total. The number of carbonyl (C=O) groups excluding carboxylic acids is 1. The van der Waals surface area contributed by atoms with Gasteiger partial charge in [-0.05, 0) is 32.9 Å². The highest BCUT2D eigenvalue weighted by molar-refractivity contribution is 5.85. The Kier molecular flexibility index (Phi) is 5.72. The molecule has 3 rings (SSSR count). The number of aromatic nitrogens is 5. The molecule has 168 valence electrons.